The number of thioether (sulfide) groups is 1. The predicted octanol–water partition coefficient (Wildman–Crippen LogP) is 5.62. The lowest BCUT2D eigenvalue weighted by Crippen LogP contribution is -2.01. The number of hydrogen-bond acceptors (Lipinski definition) is 2. The minimum absolute atomic E-state index is 0.434. The summed E-state index contributed by atoms with van der Waals surface area (Å²) >= 11 is 6.99. The van der Waals surface area contributed by atoms with Crippen LogP contribution in [0.1, 0.15) is 34.8 Å². The molecule has 0 radical (unpaired) electrons. The van der Waals surface area contributed by atoms with E-state index < -0.39 is 0 Å². The van der Waals surface area contributed by atoms with E-state index in [2.05, 4.69) is 60.5 Å². The van der Waals surface area contributed by atoms with E-state index in [9.17, 15) is 0 Å². The van der Waals surface area contributed by atoms with E-state index in [0.717, 1.165) is 18.6 Å². The van der Waals surface area contributed by atoms with Gasteiger partial charge in [0.1, 0.15) is 0 Å². The van der Waals surface area contributed by atoms with Gasteiger partial charge in [0.05, 0.1) is 0 Å². The minimum Gasteiger partial charge on any atom is -0.149 e. The second kappa shape index (κ2) is 9.46. The van der Waals surface area contributed by atoms with Gasteiger partial charge in [-0.15, -0.1) is 24.1 Å². The molecular weight excluding hydrogens is 304 g/mol. The Morgan fingerprint density at radius 3 is 2.55 bits per heavy atom. The highest BCUT2D eigenvalue weighted by molar-refractivity contribution is 7.98. The highest BCUT2D eigenvalue weighted by atomic mass is 32.2. The van der Waals surface area contributed by atoms with E-state index in [4.69, 9.17) is 18.6 Å². The Labute approximate surface area is 143 Å². The van der Waals surface area contributed by atoms with E-state index in [1.165, 1.54) is 16.7 Å². The Bertz CT molecular complexity index is 626. The van der Waals surface area contributed by atoms with Crippen molar-refractivity contribution in [3.05, 3.63) is 71.3 Å². The second-order valence-electron chi connectivity index (χ2n) is 5.11. The molecule has 0 N–H and O–H groups in total. The molecule has 1 atom stereocenters. The van der Waals surface area contributed by atoms with E-state index in [0.29, 0.717) is 11.7 Å². The van der Waals surface area contributed by atoms with E-state index in [1.54, 1.807) is 0 Å². The normalized spacial score (nSPS) is 11.6. The van der Waals surface area contributed by atoms with Crippen LogP contribution >= 0.6 is 24.0 Å². The largest absolute Gasteiger partial charge is 0.149 e. The monoisotopic (exact) mass is 324 g/mol. The molecule has 0 aliphatic rings. The van der Waals surface area contributed by atoms with Gasteiger partial charge in [-0.2, -0.15) is 0 Å². The Morgan fingerprint density at radius 1 is 1.09 bits per heavy atom. The Hall–Kier alpha value is -1.56. The molecule has 0 saturated carbocycles. The van der Waals surface area contributed by atoms with Gasteiger partial charge in [-0.25, -0.2) is 0 Å². The molecule has 0 saturated heterocycles. The maximum Gasteiger partial charge on any atom is 0.0340 e. The fourth-order valence-corrected chi connectivity index (χ4v) is 3.87. The summed E-state index contributed by atoms with van der Waals surface area (Å²) in [7, 11) is 0. The minimum atomic E-state index is 0.434. The molecule has 0 amide bonds. The predicted molar refractivity (Wildman–Crippen MR) is 102 cm³/mol. The molecular formula is C20H20S2. The van der Waals surface area contributed by atoms with Crippen molar-refractivity contribution in [2.24, 2.45) is 0 Å². The van der Waals surface area contributed by atoms with Crippen LogP contribution in [0.3, 0.4) is 0 Å². The van der Waals surface area contributed by atoms with Crippen molar-refractivity contribution in [3.8, 4) is 12.3 Å². The second-order valence-corrected chi connectivity index (χ2v) is 6.63. The summed E-state index contributed by atoms with van der Waals surface area (Å²) in [6.45, 7) is 0. The fraction of sp³-hybridized carbons (Fsp3) is 0.250. The average Bonchev–Trinajstić information content (AvgIpc) is 2.57. The topological polar surface area (TPSA) is 0 Å². The molecule has 1 unspecified atom stereocenters. The van der Waals surface area contributed by atoms with Crippen molar-refractivity contribution in [2.45, 2.75) is 30.3 Å². The van der Waals surface area contributed by atoms with Crippen LogP contribution in [0.5, 0.6) is 0 Å². The Kier molecular flexibility index (Phi) is 7.22. The van der Waals surface area contributed by atoms with Crippen LogP contribution in [0.15, 0.2) is 54.6 Å². The van der Waals surface area contributed by atoms with Crippen molar-refractivity contribution >= 4 is 29.3 Å². The first-order valence-electron chi connectivity index (χ1n) is 7.45. The first-order chi connectivity index (χ1) is 10.8. The van der Waals surface area contributed by atoms with Crippen molar-refractivity contribution in [1.82, 2.24) is 0 Å². The summed E-state index contributed by atoms with van der Waals surface area (Å²) in [6, 6.07) is 19.1. The highest BCUT2D eigenvalue weighted by Crippen LogP contribution is 2.37. The van der Waals surface area contributed by atoms with Gasteiger partial charge in [0.2, 0.25) is 0 Å². The SMILES string of the molecule is C#CCc1ccccc1C(CCC=S)SCc1ccccc1. The highest BCUT2D eigenvalue weighted by Gasteiger charge is 2.15. The fourth-order valence-electron chi connectivity index (χ4n) is 2.44. The van der Waals surface area contributed by atoms with E-state index in [1.807, 2.05) is 17.1 Å². The van der Waals surface area contributed by atoms with Crippen LogP contribution in [-0.2, 0) is 12.2 Å². The standard InChI is InChI=1S/C20H20S2/c1-2-9-18-12-6-7-13-19(18)20(14-8-15-21)22-16-17-10-4-3-5-11-17/h1,3-7,10-13,15,20H,8-9,14,16H2. The zero-order valence-corrected chi connectivity index (χ0v) is 14.2. The maximum atomic E-state index is 5.52. The van der Waals surface area contributed by atoms with Crippen molar-refractivity contribution < 1.29 is 0 Å². The van der Waals surface area contributed by atoms with Gasteiger partial charge in [-0.3, -0.25) is 0 Å². The first-order valence-corrected chi connectivity index (χ1v) is 8.97. The quantitative estimate of drug-likeness (QED) is 0.457. The third-order valence-corrected chi connectivity index (χ3v) is 5.16. The number of benzene rings is 2. The van der Waals surface area contributed by atoms with Crippen LogP contribution < -0.4 is 0 Å². The van der Waals surface area contributed by atoms with Crippen LogP contribution in [0.4, 0.5) is 0 Å². The zero-order valence-electron chi connectivity index (χ0n) is 12.6. The third kappa shape index (κ3) is 5.02. The summed E-state index contributed by atoms with van der Waals surface area (Å²) in [5.41, 5.74) is 3.98. The molecule has 0 aliphatic heterocycles. The molecule has 2 aromatic rings. The molecule has 0 bridgehead atoms. The summed E-state index contributed by atoms with van der Waals surface area (Å²) in [5.74, 6) is 3.78. The number of terminal acetylenes is 1. The molecule has 0 spiro atoms. The lowest BCUT2D eigenvalue weighted by Gasteiger charge is -2.19. The van der Waals surface area contributed by atoms with Gasteiger partial charge in [-0.1, -0.05) is 66.8 Å². The van der Waals surface area contributed by atoms with Crippen LogP contribution in [0.2, 0.25) is 0 Å². The molecule has 0 fully saturated rings. The van der Waals surface area contributed by atoms with Gasteiger partial charge in [0.25, 0.3) is 0 Å². The molecule has 0 aromatic heterocycles. The smallest absolute Gasteiger partial charge is 0.0340 e. The summed E-state index contributed by atoms with van der Waals surface area (Å²) in [4.78, 5) is 0. The van der Waals surface area contributed by atoms with Crippen LogP contribution in [0, 0.1) is 12.3 Å². The lowest BCUT2D eigenvalue weighted by molar-refractivity contribution is 0.845. The summed E-state index contributed by atoms with van der Waals surface area (Å²) in [5, 5.41) is 2.27. The molecule has 0 nitrogen and oxygen atoms in total. The molecule has 0 aliphatic carbocycles. The molecule has 112 valence electrons. The van der Waals surface area contributed by atoms with Gasteiger partial charge in [0.15, 0.2) is 0 Å². The molecule has 0 heterocycles. The maximum absolute atomic E-state index is 5.52. The summed E-state index contributed by atoms with van der Waals surface area (Å²) < 4.78 is 0. The molecule has 2 heteroatoms. The number of hydrogen-bond donors (Lipinski definition) is 0. The Morgan fingerprint density at radius 2 is 1.82 bits per heavy atom. The average molecular weight is 325 g/mol. The zero-order chi connectivity index (χ0) is 15.6. The van der Waals surface area contributed by atoms with Crippen LogP contribution in [-0.4, -0.2) is 5.37 Å². The van der Waals surface area contributed by atoms with E-state index in [-0.39, 0.29) is 0 Å². The van der Waals surface area contributed by atoms with E-state index >= 15 is 0 Å². The summed E-state index contributed by atoms with van der Waals surface area (Å²) in [6.07, 6.45) is 8.21. The number of thiocarbonyl (C=S) groups is 1. The van der Waals surface area contributed by atoms with Crippen LogP contribution in [0.25, 0.3) is 0 Å². The molecule has 2 aromatic carbocycles. The van der Waals surface area contributed by atoms with Gasteiger partial charge in [0, 0.05) is 17.4 Å². The Balaban J connectivity index is 2.15. The number of rotatable bonds is 8. The first kappa shape index (κ1) is 16.8. The van der Waals surface area contributed by atoms with Gasteiger partial charge in [-0.05, 0) is 34.9 Å². The molecule has 22 heavy (non-hydrogen) atoms. The van der Waals surface area contributed by atoms with Gasteiger partial charge >= 0.3 is 0 Å². The van der Waals surface area contributed by atoms with Crippen molar-refractivity contribution in [1.29, 1.82) is 0 Å². The van der Waals surface area contributed by atoms with Crippen molar-refractivity contribution in [3.63, 3.8) is 0 Å². The molecule has 2 rings (SSSR count). The van der Waals surface area contributed by atoms with Gasteiger partial charge < -0.3 is 0 Å². The third-order valence-electron chi connectivity index (χ3n) is 3.54. The van der Waals surface area contributed by atoms with Crippen molar-refractivity contribution in [2.75, 3.05) is 0 Å². The lowest BCUT2D eigenvalue weighted by atomic mass is 9.99.